The second kappa shape index (κ2) is 10.5. The van der Waals surface area contributed by atoms with Gasteiger partial charge in [0.1, 0.15) is 0 Å². The molecule has 0 aliphatic rings. The van der Waals surface area contributed by atoms with E-state index in [-0.39, 0.29) is 36.6 Å². The Hall–Kier alpha value is -0.290. The maximum Gasteiger partial charge on any atom is 0.208 e. The summed E-state index contributed by atoms with van der Waals surface area (Å²) >= 11 is 12.0. The van der Waals surface area contributed by atoms with Crippen LogP contribution in [0.3, 0.4) is 0 Å². The van der Waals surface area contributed by atoms with Crippen LogP contribution in [0, 0.1) is 0 Å². The lowest BCUT2D eigenvalue weighted by molar-refractivity contribution is 0.586. The molecule has 1 atom stereocenters. The van der Waals surface area contributed by atoms with Crippen LogP contribution in [0.5, 0.6) is 0 Å². The molecule has 0 amide bonds. The summed E-state index contributed by atoms with van der Waals surface area (Å²) in [5.41, 5.74) is 0.892. The number of nitrogens with zero attached hydrogens (tertiary/aromatic N) is 1. The molecular formula is C13H21Cl2IN4O2S. The van der Waals surface area contributed by atoms with Crippen LogP contribution in [0.1, 0.15) is 18.5 Å². The van der Waals surface area contributed by atoms with E-state index in [0.29, 0.717) is 22.5 Å². The minimum Gasteiger partial charge on any atom is -0.355 e. The molecule has 0 saturated heterocycles. The van der Waals surface area contributed by atoms with E-state index in [0.717, 1.165) is 11.8 Å². The van der Waals surface area contributed by atoms with E-state index in [4.69, 9.17) is 23.2 Å². The van der Waals surface area contributed by atoms with Crippen LogP contribution in [0.15, 0.2) is 23.2 Å². The molecular weight excluding hydrogens is 474 g/mol. The number of aliphatic imine (C=N–C) groups is 1. The van der Waals surface area contributed by atoms with Crippen LogP contribution >= 0.6 is 47.2 Å². The number of guanidine groups is 1. The third kappa shape index (κ3) is 8.94. The second-order valence-corrected chi connectivity index (χ2v) is 7.37. The largest absolute Gasteiger partial charge is 0.355 e. The minimum absolute atomic E-state index is 0. The fourth-order valence-electron chi connectivity index (χ4n) is 1.75. The van der Waals surface area contributed by atoms with Crippen molar-refractivity contribution in [2.45, 2.75) is 13.0 Å². The molecule has 0 heterocycles. The fourth-order valence-corrected chi connectivity index (χ4v) is 2.79. The lowest BCUT2D eigenvalue weighted by Crippen LogP contribution is -2.42. The number of hydrogen-bond donors (Lipinski definition) is 3. The van der Waals surface area contributed by atoms with Gasteiger partial charge in [0.05, 0.1) is 12.3 Å². The Balaban J connectivity index is 0.00000484. The normalized spacial score (nSPS) is 13.2. The summed E-state index contributed by atoms with van der Waals surface area (Å²) in [4.78, 5) is 4.08. The van der Waals surface area contributed by atoms with Crippen LogP contribution in [0.4, 0.5) is 0 Å². The van der Waals surface area contributed by atoms with Gasteiger partial charge in [0, 0.05) is 30.2 Å². The first kappa shape index (κ1) is 22.7. The SMILES string of the molecule is CN=C(NCCNS(C)(=O)=O)NC(C)c1ccc(Cl)cc1Cl.I. The molecule has 0 aliphatic heterocycles. The predicted molar refractivity (Wildman–Crippen MR) is 108 cm³/mol. The van der Waals surface area contributed by atoms with Crippen molar-refractivity contribution in [2.24, 2.45) is 4.99 Å². The molecule has 1 unspecified atom stereocenters. The topological polar surface area (TPSA) is 82.6 Å². The Morgan fingerprint density at radius 1 is 1.30 bits per heavy atom. The van der Waals surface area contributed by atoms with Crippen molar-refractivity contribution in [3.63, 3.8) is 0 Å². The highest BCUT2D eigenvalue weighted by Crippen LogP contribution is 2.25. The molecule has 0 saturated carbocycles. The molecule has 6 nitrogen and oxygen atoms in total. The molecule has 0 radical (unpaired) electrons. The molecule has 1 rings (SSSR count). The van der Waals surface area contributed by atoms with Gasteiger partial charge in [-0.2, -0.15) is 0 Å². The van der Waals surface area contributed by atoms with Crippen molar-refractivity contribution in [1.82, 2.24) is 15.4 Å². The smallest absolute Gasteiger partial charge is 0.208 e. The highest BCUT2D eigenvalue weighted by atomic mass is 127. The van der Waals surface area contributed by atoms with Gasteiger partial charge in [-0.25, -0.2) is 13.1 Å². The van der Waals surface area contributed by atoms with Gasteiger partial charge in [-0.1, -0.05) is 29.3 Å². The molecule has 0 spiro atoms. The van der Waals surface area contributed by atoms with Crippen LogP contribution in [0.25, 0.3) is 0 Å². The maximum atomic E-state index is 11.0. The predicted octanol–water partition coefficient (Wildman–Crippen LogP) is 2.39. The summed E-state index contributed by atoms with van der Waals surface area (Å²) in [7, 11) is -1.55. The number of benzene rings is 1. The van der Waals surface area contributed by atoms with Gasteiger partial charge in [-0.15, -0.1) is 24.0 Å². The Labute approximate surface area is 164 Å². The first-order chi connectivity index (χ1) is 10.2. The van der Waals surface area contributed by atoms with E-state index in [1.54, 1.807) is 19.2 Å². The molecule has 0 aromatic heterocycles. The van der Waals surface area contributed by atoms with E-state index in [9.17, 15) is 8.42 Å². The molecule has 0 fully saturated rings. The lowest BCUT2D eigenvalue weighted by atomic mass is 10.1. The van der Waals surface area contributed by atoms with Crippen molar-refractivity contribution >= 4 is 63.2 Å². The minimum atomic E-state index is -3.18. The Kier molecular flexibility index (Phi) is 10.4. The first-order valence-electron chi connectivity index (χ1n) is 6.59. The second-order valence-electron chi connectivity index (χ2n) is 4.70. The summed E-state index contributed by atoms with van der Waals surface area (Å²) in [6.45, 7) is 2.63. The van der Waals surface area contributed by atoms with Gasteiger partial charge in [-0.05, 0) is 24.6 Å². The summed E-state index contributed by atoms with van der Waals surface area (Å²) in [5, 5.41) is 7.34. The van der Waals surface area contributed by atoms with Gasteiger partial charge >= 0.3 is 0 Å². The van der Waals surface area contributed by atoms with Crippen molar-refractivity contribution in [3.8, 4) is 0 Å². The Morgan fingerprint density at radius 2 is 1.96 bits per heavy atom. The third-order valence-electron chi connectivity index (χ3n) is 2.79. The first-order valence-corrected chi connectivity index (χ1v) is 9.24. The highest BCUT2D eigenvalue weighted by molar-refractivity contribution is 14.0. The van der Waals surface area contributed by atoms with E-state index in [1.165, 1.54) is 0 Å². The molecule has 1 aromatic rings. The fraction of sp³-hybridized carbons (Fsp3) is 0.462. The van der Waals surface area contributed by atoms with Crippen LogP contribution < -0.4 is 15.4 Å². The average molecular weight is 495 g/mol. The van der Waals surface area contributed by atoms with Crippen LogP contribution in [0.2, 0.25) is 10.0 Å². The zero-order valence-corrected chi connectivity index (χ0v) is 17.7. The Bertz CT molecular complexity index is 641. The van der Waals surface area contributed by atoms with Crippen molar-refractivity contribution < 1.29 is 8.42 Å². The molecule has 0 bridgehead atoms. The third-order valence-corrected chi connectivity index (χ3v) is 4.08. The summed E-state index contributed by atoms with van der Waals surface area (Å²) in [6.07, 6.45) is 1.12. The van der Waals surface area contributed by atoms with E-state index >= 15 is 0 Å². The van der Waals surface area contributed by atoms with E-state index in [2.05, 4.69) is 20.3 Å². The van der Waals surface area contributed by atoms with E-state index < -0.39 is 10.0 Å². The van der Waals surface area contributed by atoms with Gasteiger partial charge in [0.25, 0.3) is 0 Å². The summed E-state index contributed by atoms with van der Waals surface area (Å²) < 4.78 is 24.3. The monoisotopic (exact) mass is 494 g/mol. The standard InChI is InChI=1S/C13H20Cl2N4O2S.HI/c1-9(11-5-4-10(14)8-12(11)15)19-13(16-2)17-6-7-18-22(3,20)21;/h4-5,8-9,18H,6-7H2,1-3H3,(H2,16,17,19);1H. The number of rotatable bonds is 6. The zero-order valence-electron chi connectivity index (χ0n) is 13.1. The molecule has 3 N–H and O–H groups in total. The molecule has 0 aliphatic carbocycles. The number of halogens is 3. The quantitative estimate of drug-likeness (QED) is 0.245. The number of nitrogens with one attached hydrogen (secondary N) is 3. The van der Waals surface area contributed by atoms with E-state index in [1.807, 2.05) is 13.0 Å². The van der Waals surface area contributed by atoms with Crippen molar-refractivity contribution in [3.05, 3.63) is 33.8 Å². The van der Waals surface area contributed by atoms with Crippen molar-refractivity contribution in [1.29, 1.82) is 0 Å². The van der Waals surface area contributed by atoms with Gasteiger partial charge in [0.15, 0.2) is 5.96 Å². The van der Waals surface area contributed by atoms with Gasteiger partial charge < -0.3 is 10.6 Å². The number of hydrogen-bond acceptors (Lipinski definition) is 3. The molecule has 10 heteroatoms. The maximum absolute atomic E-state index is 11.0. The average Bonchev–Trinajstić information content (AvgIpc) is 2.40. The number of sulfonamides is 1. The van der Waals surface area contributed by atoms with Crippen LogP contribution in [-0.2, 0) is 10.0 Å². The van der Waals surface area contributed by atoms with Crippen molar-refractivity contribution in [2.75, 3.05) is 26.4 Å². The molecule has 23 heavy (non-hydrogen) atoms. The molecule has 1 aromatic carbocycles. The van der Waals surface area contributed by atoms with Gasteiger partial charge in [-0.3, -0.25) is 4.99 Å². The summed E-state index contributed by atoms with van der Waals surface area (Å²) in [6, 6.07) is 5.22. The van der Waals surface area contributed by atoms with Gasteiger partial charge in [0.2, 0.25) is 10.0 Å². The lowest BCUT2D eigenvalue weighted by Gasteiger charge is -2.19. The zero-order chi connectivity index (χ0) is 16.8. The Morgan fingerprint density at radius 3 is 2.48 bits per heavy atom. The van der Waals surface area contributed by atoms with Crippen LogP contribution in [-0.4, -0.2) is 40.8 Å². The highest BCUT2D eigenvalue weighted by Gasteiger charge is 2.11. The summed E-state index contributed by atoms with van der Waals surface area (Å²) in [5.74, 6) is 0.550. The molecule has 132 valence electrons.